The SMILES string of the molecule is CCC(C)(C)NC(=O)[C@H](c1ccc(O)cc1)N(C(=O)Cn1nnc2ccccc21)c1ccccc1C(C)=O. The van der Waals surface area contributed by atoms with Gasteiger partial charge in [0.1, 0.15) is 23.9 Å². The van der Waals surface area contributed by atoms with Crippen LogP contribution >= 0.6 is 0 Å². The summed E-state index contributed by atoms with van der Waals surface area (Å²) in [5.41, 5.74) is 1.82. The average molecular weight is 514 g/mol. The van der Waals surface area contributed by atoms with Crippen molar-refractivity contribution in [3.8, 4) is 5.75 Å². The first kappa shape index (κ1) is 26.5. The highest BCUT2D eigenvalue weighted by Crippen LogP contribution is 2.33. The van der Waals surface area contributed by atoms with E-state index in [0.717, 1.165) is 0 Å². The van der Waals surface area contributed by atoms with Crippen LogP contribution in [0, 0.1) is 0 Å². The van der Waals surface area contributed by atoms with E-state index in [1.54, 1.807) is 42.5 Å². The predicted octanol–water partition coefficient (Wildman–Crippen LogP) is 4.42. The molecule has 0 saturated heterocycles. The molecule has 0 fully saturated rings. The second-order valence-corrected chi connectivity index (χ2v) is 9.79. The first-order valence-corrected chi connectivity index (χ1v) is 12.4. The van der Waals surface area contributed by atoms with Gasteiger partial charge in [0.15, 0.2) is 5.78 Å². The molecule has 0 unspecified atom stereocenters. The van der Waals surface area contributed by atoms with Gasteiger partial charge in [-0.2, -0.15) is 0 Å². The normalized spacial score (nSPS) is 12.2. The molecular weight excluding hydrogens is 482 g/mol. The van der Waals surface area contributed by atoms with Crippen LogP contribution in [0.25, 0.3) is 11.0 Å². The van der Waals surface area contributed by atoms with Crippen molar-refractivity contribution in [1.82, 2.24) is 20.3 Å². The molecule has 1 atom stereocenters. The van der Waals surface area contributed by atoms with E-state index in [2.05, 4.69) is 15.6 Å². The van der Waals surface area contributed by atoms with Crippen molar-refractivity contribution in [1.29, 1.82) is 0 Å². The largest absolute Gasteiger partial charge is 0.508 e. The van der Waals surface area contributed by atoms with Crippen LogP contribution in [-0.4, -0.2) is 43.2 Å². The van der Waals surface area contributed by atoms with Crippen LogP contribution in [0.2, 0.25) is 0 Å². The monoisotopic (exact) mass is 513 g/mol. The van der Waals surface area contributed by atoms with Gasteiger partial charge in [-0.1, -0.05) is 48.5 Å². The van der Waals surface area contributed by atoms with Gasteiger partial charge in [-0.25, -0.2) is 4.68 Å². The Morgan fingerprint density at radius 3 is 2.34 bits per heavy atom. The molecule has 1 aromatic heterocycles. The highest BCUT2D eigenvalue weighted by molar-refractivity contribution is 6.08. The number of rotatable bonds is 9. The lowest BCUT2D eigenvalue weighted by Crippen LogP contribution is -2.51. The molecule has 196 valence electrons. The minimum Gasteiger partial charge on any atom is -0.508 e. The van der Waals surface area contributed by atoms with Crippen LogP contribution in [0.5, 0.6) is 5.75 Å². The molecule has 0 aliphatic rings. The number of hydrogen-bond acceptors (Lipinski definition) is 6. The summed E-state index contributed by atoms with van der Waals surface area (Å²) in [6, 6.07) is 19.0. The molecule has 0 radical (unpaired) electrons. The summed E-state index contributed by atoms with van der Waals surface area (Å²) in [6.45, 7) is 6.96. The van der Waals surface area contributed by atoms with Gasteiger partial charge in [-0.15, -0.1) is 5.10 Å². The Balaban J connectivity index is 1.88. The van der Waals surface area contributed by atoms with E-state index in [0.29, 0.717) is 34.3 Å². The fourth-order valence-corrected chi connectivity index (χ4v) is 4.20. The number of nitrogens with one attached hydrogen (secondary N) is 1. The summed E-state index contributed by atoms with van der Waals surface area (Å²) in [4.78, 5) is 42.1. The average Bonchev–Trinajstić information content (AvgIpc) is 3.30. The maximum atomic E-state index is 14.1. The van der Waals surface area contributed by atoms with E-state index >= 15 is 0 Å². The molecule has 2 amide bonds. The van der Waals surface area contributed by atoms with Crippen molar-refractivity contribution in [2.24, 2.45) is 0 Å². The number of benzene rings is 3. The number of aromatic nitrogens is 3. The topological polar surface area (TPSA) is 117 Å². The van der Waals surface area contributed by atoms with Crippen LogP contribution < -0.4 is 10.2 Å². The lowest BCUT2D eigenvalue weighted by molar-refractivity contribution is -0.128. The molecule has 0 aliphatic carbocycles. The Hall–Kier alpha value is -4.53. The van der Waals surface area contributed by atoms with Crippen LogP contribution in [0.4, 0.5) is 5.69 Å². The summed E-state index contributed by atoms with van der Waals surface area (Å²) in [5.74, 6) is -1.10. The van der Waals surface area contributed by atoms with E-state index in [9.17, 15) is 19.5 Å². The molecule has 9 nitrogen and oxygen atoms in total. The van der Waals surface area contributed by atoms with Crippen molar-refractivity contribution < 1.29 is 19.5 Å². The number of amides is 2. The Kier molecular flexibility index (Phi) is 7.57. The van der Waals surface area contributed by atoms with Crippen molar-refractivity contribution in [2.45, 2.75) is 52.2 Å². The number of aromatic hydroxyl groups is 1. The summed E-state index contributed by atoms with van der Waals surface area (Å²) >= 11 is 0. The zero-order valence-electron chi connectivity index (χ0n) is 21.9. The molecule has 1 heterocycles. The van der Waals surface area contributed by atoms with Gasteiger partial charge in [-0.3, -0.25) is 19.3 Å². The van der Waals surface area contributed by atoms with E-state index in [-0.39, 0.29) is 18.1 Å². The lowest BCUT2D eigenvalue weighted by atomic mass is 9.97. The zero-order valence-corrected chi connectivity index (χ0v) is 21.9. The number of phenolic OH excluding ortho intramolecular Hbond substituents is 1. The van der Waals surface area contributed by atoms with Gasteiger partial charge in [0.05, 0.1) is 11.2 Å². The van der Waals surface area contributed by atoms with Crippen LogP contribution in [0.15, 0.2) is 72.8 Å². The third kappa shape index (κ3) is 5.56. The molecule has 4 aromatic rings. The molecule has 0 spiro atoms. The third-order valence-corrected chi connectivity index (χ3v) is 6.58. The molecular formula is C29H31N5O4. The van der Waals surface area contributed by atoms with Crippen molar-refractivity contribution in [3.05, 3.63) is 83.9 Å². The third-order valence-electron chi connectivity index (χ3n) is 6.58. The van der Waals surface area contributed by atoms with E-state index < -0.39 is 23.4 Å². The first-order chi connectivity index (χ1) is 18.1. The number of Topliss-reactive ketones (excluding diaryl/α,β-unsaturated/α-hetero) is 1. The highest BCUT2D eigenvalue weighted by Gasteiger charge is 2.36. The number of ketones is 1. The van der Waals surface area contributed by atoms with Gasteiger partial charge in [-0.05, 0) is 69.2 Å². The Labute approximate surface area is 221 Å². The Morgan fingerprint density at radius 2 is 1.66 bits per heavy atom. The minimum atomic E-state index is -1.13. The number of anilines is 1. The van der Waals surface area contributed by atoms with Crippen LogP contribution in [0.1, 0.15) is 56.1 Å². The fraction of sp³-hybridized carbons (Fsp3) is 0.276. The fourth-order valence-electron chi connectivity index (χ4n) is 4.20. The number of para-hydroxylation sites is 2. The summed E-state index contributed by atoms with van der Waals surface area (Å²) in [5, 5.41) is 21.2. The van der Waals surface area contributed by atoms with Gasteiger partial charge in [0.25, 0.3) is 0 Å². The van der Waals surface area contributed by atoms with Gasteiger partial charge < -0.3 is 10.4 Å². The van der Waals surface area contributed by atoms with E-state index in [1.807, 2.05) is 39.0 Å². The first-order valence-electron chi connectivity index (χ1n) is 12.4. The molecule has 2 N–H and O–H groups in total. The Bertz CT molecular complexity index is 1480. The molecule has 0 bridgehead atoms. The number of fused-ring (bicyclic) bond motifs is 1. The summed E-state index contributed by atoms with van der Waals surface area (Å²) < 4.78 is 1.48. The summed E-state index contributed by atoms with van der Waals surface area (Å²) in [6.07, 6.45) is 0.657. The molecule has 3 aromatic carbocycles. The summed E-state index contributed by atoms with van der Waals surface area (Å²) in [7, 11) is 0. The van der Waals surface area contributed by atoms with Crippen molar-refractivity contribution in [3.63, 3.8) is 0 Å². The highest BCUT2D eigenvalue weighted by atomic mass is 16.3. The second kappa shape index (κ2) is 10.8. The van der Waals surface area contributed by atoms with Gasteiger partial charge in [0, 0.05) is 11.1 Å². The number of hydrogen-bond donors (Lipinski definition) is 2. The van der Waals surface area contributed by atoms with Gasteiger partial charge in [0.2, 0.25) is 11.8 Å². The van der Waals surface area contributed by atoms with Crippen molar-refractivity contribution in [2.75, 3.05) is 4.90 Å². The van der Waals surface area contributed by atoms with Gasteiger partial charge >= 0.3 is 0 Å². The molecule has 9 heteroatoms. The Morgan fingerprint density at radius 1 is 1.00 bits per heavy atom. The maximum absolute atomic E-state index is 14.1. The zero-order chi connectivity index (χ0) is 27.4. The number of carbonyl (C=O) groups is 3. The number of carbonyl (C=O) groups excluding carboxylic acids is 3. The predicted molar refractivity (Wildman–Crippen MR) is 145 cm³/mol. The lowest BCUT2D eigenvalue weighted by Gasteiger charge is -2.35. The van der Waals surface area contributed by atoms with Crippen LogP contribution in [0.3, 0.4) is 0 Å². The van der Waals surface area contributed by atoms with E-state index in [1.165, 1.54) is 28.6 Å². The minimum absolute atomic E-state index is 0.0258. The smallest absolute Gasteiger partial charge is 0.249 e. The maximum Gasteiger partial charge on any atom is 0.249 e. The van der Waals surface area contributed by atoms with Crippen molar-refractivity contribution >= 4 is 34.3 Å². The standard InChI is InChI=1S/C29H31N5O4/c1-5-29(3,4)30-28(38)27(20-14-16-21(36)17-15-20)34(24-12-8-6-10-22(24)19(2)35)26(37)18-33-25-13-9-7-11-23(25)31-32-33/h6-17,27,36H,5,18H2,1-4H3,(H,30,38)/t27-/m0/s1. The molecule has 4 rings (SSSR count). The quantitative estimate of drug-likeness (QED) is 0.320. The molecule has 38 heavy (non-hydrogen) atoms. The number of nitrogens with zero attached hydrogens (tertiary/aromatic N) is 4. The van der Waals surface area contributed by atoms with E-state index in [4.69, 9.17) is 0 Å². The molecule has 0 saturated carbocycles. The second-order valence-electron chi connectivity index (χ2n) is 9.79. The molecule has 0 aliphatic heterocycles. The van der Waals surface area contributed by atoms with Crippen LogP contribution in [-0.2, 0) is 16.1 Å². The number of phenols is 1.